The smallest absolute Gasteiger partial charge is 0.432 e. The van der Waals surface area contributed by atoms with Crippen LogP contribution in [0.15, 0.2) is 18.2 Å². The number of nitrogens with zero attached hydrogens (tertiary/aromatic N) is 2. The van der Waals surface area contributed by atoms with Gasteiger partial charge < -0.3 is 28.4 Å². The molecule has 3 aliphatic rings. The minimum Gasteiger partial charge on any atom is -0.493 e. The predicted molar refractivity (Wildman–Crippen MR) is 114 cm³/mol. The fourth-order valence-corrected chi connectivity index (χ4v) is 3.99. The Balaban J connectivity index is 2.39. The molecular weight excluding hydrogens is 436 g/mol. The van der Waals surface area contributed by atoms with E-state index in [4.69, 9.17) is 28.4 Å². The Morgan fingerprint density at radius 1 is 1.03 bits per heavy atom. The van der Waals surface area contributed by atoms with Gasteiger partial charge in [-0.2, -0.15) is 10.0 Å². The molecule has 11 nitrogen and oxygen atoms in total. The van der Waals surface area contributed by atoms with Crippen molar-refractivity contribution in [1.29, 1.82) is 0 Å². The molecule has 0 unspecified atom stereocenters. The Hall–Kier alpha value is -3.47. The third kappa shape index (κ3) is 3.62. The molecule has 33 heavy (non-hydrogen) atoms. The molecule has 11 heteroatoms. The van der Waals surface area contributed by atoms with Crippen molar-refractivity contribution in [1.82, 2.24) is 10.0 Å². The molecule has 0 radical (unpaired) electrons. The van der Waals surface area contributed by atoms with E-state index in [2.05, 4.69) is 0 Å². The molecule has 0 saturated heterocycles. The number of ether oxygens (including phenoxy) is 6. The fraction of sp³-hybridized carbons (Fsp3) is 0.500. The van der Waals surface area contributed by atoms with Crippen LogP contribution in [0.4, 0.5) is 9.59 Å². The molecule has 1 aliphatic carbocycles. The highest BCUT2D eigenvalue weighted by molar-refractivity contribution is 6.10. The van der Waals surface area contributed by atoms with Crippen LogP contribution in [0.5, 0.6) is 17.2 Å². The normalized spacial score (nSPS) is 20.8. The molecule has 2 amide bonds. The van der Waals surface area contributed by atoms with Crippen molar-refractivity contribution in [3.05, 3.63) is 29.3 Å². The Bertz CT molecular complexity index is 977. The van der Waals surface area contributed by atoms with Crippen molar-refractivity contribution >= 4 is 18.0 Å². The first kappa shape index (κ1) is 24.2. The Morgan fingerprint density at radius 2 is 1.73 bits per heavy atom. The van der Waals surface area contributed by atoms with Gasteiger partial charge in [0.2, 0.25) is 17.3 Å². The standard InChI is InChI=1S/C22H28N2O9/c1-7-8-11-33-18-16-13(12-15(28-2)17(18)29-3)14-9-10-22(32-6,19(16)25)24(21(27)31-5)23(14)20(26)30-4/h9-10,12,14H,7-8,11H2,1-6H3/t14-,22-/m1/s1. The number of fused-ring (bicyclic) bond motifs is 1. The molecule has 1 aromatic rings. The predicted octanol–water partition coefficient (Wildman–Crippen LogP) is 3.08. The Kier molecular flexibility index (Phi) is 7.01. The van der Waals surface area contributed by atoms with Gasteiger partial charge >= 0.3 is 12.2 Å². The Morgan fingerprint density at radius 3 is 2.27 bits per heavy atom. The van der Waals surface area contributed by atoms with E-state index in [0.29, 0.717) is 12.2 Å². The van der Waals surface area contributed by atoms with Gasteiger partial charge in [-0.1, -0.05) is 19.4 Å². The number of hydrogen-bond donors (Lipinski definition) is 0. The second-order valence-corrected chi connectivity index (χ2v) is 7.24. The first-order chi connectivity index (χ1) is 15.9. The molecule has 0 saturated carbocycles. The number of methoxy groups -OCH3 is 5. The number of hydrogen-bond acceptors (Lipinski definition) is 9. The van der Waals surface area contributed by atoms with E-state index in [0.717, 1.165) is 37.1 Å². The molecule has 0 spiro atoms. The van der Waals surface area contributed by atoms with E-state index in [1.807, 2.05) is 6.92 Å². The maximum absolute atomic E-state index is 14.1. The third-order valence-corrected chi connectivity index (χ3v) is 5.59. The number of rotatable bonds is 7. The van der Waals surface area contributed by atoms with Crippen molar-refractivity contribution in [2.75, 3.05) is 42.2 Å². The van der Waals surface area contributed by atoms with E-state index in [1.54, 1.807) is 12.1 Å². The molecular formula is C22H28N2O9. The van der Waals surface area contributed by atoms with Crippen molar-refractivity contribution < 1.29 is 42.8 Å². The van der Waals surface area contributed by atoms with Crippen LogP contribution in [-0.4, -0.2) is 75.9 Å². The van der Waals surface area contributed by atoms with E-state index in [9.17, 15) is 14.4 Å². The second-order valence-electron chi connectivity index (χ2n) is 7.24. The number of benzene rings is 1. The van der Waals surface area contributed by atoms with Gasteiger partial charge in [0.15, 0.2) is 11.5 Å². The van der Waals surface area contributed by atoms with Gasteiger partial charge in [-0.3, -0.25) is 4.79 Å². The Labute approximate surface area is 191 Å². The number of amides is 2. The number of Topliss-reactive ketones (excluding diaryl/α,β-unsaturated/α-hetero) is 1. The number of carbonyl (C=O) groups is 3. The molecule has 1 aromatic carbocycles. The number of unbranched alkanes of at least 4 members (excludes halogenated alkanes) is 1. The van der Waals surface area contributed by atoms with Crippen LogP contribution in [0.3, 0.4) is 0 Å². The average Bonchev–Trinajstić information content (AvgIpc) is 3.02. The quantitative estimate of drug-likeness (QED) is 0.444. The minimum absolute atomic E-state index is 0.0981. The summed E-state index contributed by atoms with van der Waals surface area (Å²) in [5.74, 6) is -0.0161. The number of hydrazine groups is 1. The van der Waals surface area contributed by atoms with Crippen LogP contribution in [0.2, 0.25) is 0 Å². The van der Waals surface area contributed by atoms with Gasteiger partial charge in [-0.15, -0.1) is 0 Å². The maximum Gasteiger partial charge on any atom is 0.432 e. The van der Waals surface area contributed by atoms with E-state index in [-0.39, 0.29) is 22.8 Å². The molecule has 0 N–H and O–H groups in total. The summed E-state index contributed by atoms with van der Waals surface area (Å²) < 4.78 is 32.4. The summed E-state index contributed by atoms with van der Waals surface area (Å²) in [6, 6.07) is 0.630. The van der Waals surface area contributed by atoms with Gasteiger partial charge in [0.25, 0.3) is 0 Å². The highest BCUT2D eigenvalue weighted by atomic mass is 16.6. The lowest BCUT2D eigenvalue weighted by Crippen LogP contribution is -2.65. The van der Waals surface area contributed by atoms with E-state index in [1.165, 1.54) is 27.4 Å². The molecule has 180 valence electrons. The number of carbonyl (C=O) groups excluding carboxylic acids is 3. The monoisotopic (exact) mass is 464 g/mol. The van der Waals surface area contributed by atoms with Gasteiger partial charge in [0, 0.05) is 7.11 Å². The van der Waals surface area contributed by atoms with Crippen LogP contribution in [0, 0.1) is 0 Å². The molecule has 2 atom stereocenters. The van der Waals surface area contributed by atoms with E-state index >= 15 is 0 Å². The third-order valence-electron chi connectivity index (χ3n) is 5.59. The summed E-state index contributed by atoms with van der Waals surface area (Å²) in [5.41, 5.74) is -1.59. The van der Waals surface area contributed by atoms with Crippen LogP contribution in [0.25, 0.3) is 0 Å². The van der Waals surface area contributed by atoms with Crippen LogP contribution in [-0.2, 0) is 14.2 Å². The fourth-order valence-electron chi connectivity index (χ4n) is 3.99. The lowest BCUT2D eigenvalue weighted by atomic mass is 9.95. The SMILES string of the molecule is CCCCOc1c(OC)c(OC)cc2c1C(=O)[C@]1(OC)C=C[C@H]2N(C(=O)OC)N1C(=O)OC. The van der Waals surface area contributed by atoms with Crippen LogP contribution < -0.4 is 14.2 Å². The second kappa shape index (κ2) is 9.57. The highest BCUT2D eigenvalue weighted by Crippen LogP contribution is 2.51. The van der Waals surface area contributed by atoms with Gasteiger partial charge in [0.05, 0.1) is 40.6 Å². The minimum atomic E-state index is -2.04. The summed E-state index contributed by atoms with van der Waals surface area (Å²) in [6.45, 7) is 2.31. The molecule has 4 rings (SSSR count). The summed E-state index contributed by atoms with van der Waals surface area (Å²) in [6.07, 6.45) is 2.67. The maximum atomic E-state index is 14.1. The zero-order valence-corrected chi connectivity index (χ0v) is 19.5. The molecule has 2 bridgehead atoms. The summed E-state index contributed by atoms with van der Waals surface area (Å²) in [4.78, 5) is 39.8. The molecule has 2 aliphatic heterocycles. The van der Waals surface area contributed by atoms with Crippen LogP contribution >= 0.6 is 0 Å². The van der Waals surface area contributed by atoms with Crippen molar-refractivity contribution in [3.8, 4) is 17.2 Å². The van der Waals surface area contributed by atoms with Gasteiger partial charge in [-0.05, 0) is 24.1 Å². The lowest BCUT2D eigenvalue weighted by molar-refractivity contribution is -0.155. The first-order valence-corrected chi connectivity index (χ1v) is 10.3. The summed E-state index contributed by atoms with van der Waals surface area (Å²) >= 11 is 0. The van der Waals surface area contributed by atoms with Crippen molar-refractivity contribution in [3.63, 3.8) is 0 Å². The molecule has 2 heterocycles. The van der Waals surface area contributed by atoms with Crippen molar-refractivity contribution in [2.45, 2.75) is 31.5 Å². The lowest BCUT2D eigenvalue weighted by Gasteiger charge is -2.45. The topological polar surface area (TPSA) is 113 Å². The molecule has 0 aromatic heterocycles. The number of ketones is 1. The average molecular weight is 464 g/mol. The molecule has 0 fully saturated rings. The highest BCUT2D eigenvalue weighted by Gasteiger charge is 2.59. The van der Waals surface area contributed by atoms with Gasteiger partial charge in [0.1, 0.15) is 6.04 Å². The first-order valence-electron chi connectivity index (χ1n) is 10.3. The zero-order chi connectivity index (χ0) is 24.3. The van der Waals surface area contributed by atoms with Crippen molar-refractivity contribution in [2.24, 2.45) is 0 Å². The van der Waals surface area contributed by atoms with Gasteiger partial charge in [-0.25, -0.2) is 9.59 Å². The largest absolute Gasteiger partial charge is 0.493 e. The van der Waals surface area contributed by atoms with E-state index < -0.39 is 29.7 Å². The zero-order valence-electron chi connectivity index (χ0n) is 19.5. The summed E-state index contributed by atoms with van der Waals surface area (Å²) in [5, 5.41) is 1.78. The summed E-state index contributed by atoms with van der Waals surface area (Å²) in [7, 11) is 6.42. The van der Waals surface area contributed by atoms with Crippen LogP contribution in [0.1, 0.15) is 41.7 Å².